The van der Waals surface area contributed by atoms with E-state index < -0.39 is 21.7 Å². The molecular weight excluding hydrogens is 359 g/mol. The molecule has 0 atom stereocenters. The van der Waals surface area contributed by atoms with Crippen LogP contribution in [-0.2, 0) is 20.2 Å². The van der Waals surface area contributed by atoms with Crippen molar-refractivity contribution < 1.29 is 22.3 Å². The maximum absolute atomic E-state index is 12.8. The highest BCUT2D eigenvalue weighted by Crippen LogP contribution is 2.24. The summed E-state index contributed by atoms with van der Waals surface area (Å²) in [5.41, 5.74) is 3.18. The lowest BCUT2D eigenvalue weighted by Crippen LogP contribution is -2.43. The van der Waals surface area contributed by atoms with Gasteiger partial charge < -0.3 is 4.74 Å². The fourth-order valence-electron chi connectivity index (χ4n) is 2.03. The van der Waals surface area contributed by atoms with Gasteiger partial charge in [0.2, 0.25) is 0 Å². The number of hydrogen-bond donors (Lipinski definition) is 2. The molecule has 2 rings (SSSR count). The minimum Gasteiger partial charge on any atom is -0.484 e. The van der Waals surface area contributed by atoms with Gasteiger partial charge in [-0.25, -0.2) is 12.8 Å². The van der Waals surface area contributed by atoms with Gasteiger partial charge in [0.15, 0.2) is 6.61 Å². The molecule has 0 aliphatic heterocycles. The predicted molar refractivity (Wildman–Crippen MR) is 95.5 cm³/mol. The van der Waals surface area contributed by atoms with Gasteiger partial charge in [0.05, 0.1) is 4.90 Å². The van der Waals surface area contributed by atoms with Crippen LogP contribution in [0.5, 0.6) is 5.75 Å². The molecule has 0 saturated carbocycles. The second-order valence-electron chi connectivity index (χ2n) is 6.67. The van der Waals surface area contributed by atoms with E-state index in [0.717, 1.165) is 29.8 Å². The maximum Gasteiger partial charge on any atom is 0.272 e. The Balaban J connectivity index is 1.86. The number of amides is 1. The SMILES string of the molecule is CC(C)(C)c1ccc(OCC(=O)NNS(=O)(=O)c2ccc(F)cc2)cc1. The zero-order chi connectivity index (χ0) is 19.4. The number of carbonyl (C=O) groups is 1. The molecule has 0 unspecified atom stereocenters. The van der Waals surface area contributed by atoms with Crippen LogP contribution in [0.4, 0.5) is 4.39 Å². The molecule has 2 aromatic rings. The molecule has 2 aromatic carbocycles. The van der Waals surface area contributed by atoms with Gasteiger partial charge in [0.25, 0.3) is 15.9 Å². The van der Waals surface area contributed by atoms with Crippen molar-refractivity contribution in [2.45, 2.75) is 31.1 Å². The maximum atomic E-state index is 12.8. The summed E-state index contributed by atoms with van der Waals surface area (Å²) >= 11 is 0. The highest BCUT2D eigenvalue weighted by molar-refractivity contribution is 7.89. The van der Waals surface area contributed by atoms with Crippen molar-refractivity contribution in [1.82, 2.24) is 10.3 Å². The van der Waals surface area contributed by atoms with Crippen LogP contribution in [0.2, 0.25) is 0 Å². The van der Waals surface area contributed by atoms with Gasteiger partial charge in [-0.3, -0.25) is 10.2 Å². The quantitative estimate of drug-likeness (QED) is 0.754. The van der Waals surface area contributed by atoms with Crippen molar-refractivity contribution in [3.05, 3.63) is 59.9 Å². The first-order chi connectivity index (χ1) is 12.1. The molecule has 0 aromatic heterocycles. The number of halogens is 1. The summed E-state index contributed by atoms with van der Waals surface area (Å²) in [6.07, 6.45) is 0. The van der Waals surface area contributed by atoms with Crippen molar-refractivity contribution in [3.63, 3.8) is 0 Å². The highest BCUT2D eigenvalue weighted by Gasteiger charge is 2.16. The minimum atomic E-state index is -3.98. The first kappa shape index (κ1) is 19.9. The first-order valence-electron chi connectivity index (χ1n) is 7.87. The Bertz CT molecular complexity index is 858. The van der Waals surface area contributed by atoms with Gasteiger partial charge in [0.1, 0.15) is 11.6 Å². The fourth-order valence-corrected chi connectivity index (χ4v) is 2.89. The van der Waals surface area contributed by atoms with Gasteiger partial charge in [-0.15, -0.1) is 4.83 Å². The summed E-state index contributed by atoms with van der Waals surface area (Å²) in [5, 5.41) is 0. The third-order valence-electron chi connectivity index (χ3n) is 3.54. The molecule has 0 aliphatic rings. The summed E-state index contributed by atoms with van der Waals surface area (Å²) in [6, 6.07) is 11.5. The van der Waals surface area contributed by atoms with Crippen molar-refractivity contribution >= 4 is 15.9 Å². The molecular formula is C18H21FN2O4S. The van der Waals surface area contributed by atoms with Crippen LogP contribution in [-0.4, -0.2) is 20.9 Å². The Kier molecular flexibility index (Phi) is 5.99. The third-order valence-corrected chi connectivity index (χ3v) is 4.80. The zero-order valence-corrected chi connectivity index (χ0v) is 15.6. The Morgan fingerprint density at radius 2 is 1.62 bits per heavy atom. The number of rotatable bonds is 6. The Labute approximate surface area is 152 Å². The van der Waals surface area contributed by atoms with E-state index in [0.29, 0.717) is 5.75 Å². The molecule has 0 aliphatic carbocycles. The van der Waals surface area contributed by atoms with Crippen LogP contribution in [0, 0.1) is 5.82 Å². The average molecular weight is 380 g/mol. The van der Waals surface area contributed by atoms with Gasteiger partial charge >= 0.3 is 0 Å². The molecule has 0 heterocycles. The van der Waals surface area contributed by atoms with Crippen LogP contribution in [0.1, 0.15) is 26.3 Å². The predicted octanol–water partition coefficient (Wildman–Crippen LogP) is 2.51. The second kappa shape index (κ2) is 7.84. The number of sulfonamides is 1. The summed E-state index contributed by atoms with van der Waals surface area (Å²) < 4.78 is 42.1. The van der Waals surface area contributed by atoms with Crippen LogP contribution >= 0.6 is 0 Å². The van der Waals surface area contributed by atoms with E-state index in [9.17, 15) is 17.6 Å². The van der Waals surface area contributed by atoms with Crippen molar-refractivity contribution in [2.75, 3.05) is 6.61 Å². The molecule has 26 heavy (non-hydrogen) atoms. The Morgan fingerprint density at radius 3 is 2.15 bits per heavy atom. The van der Waals surface area contributed by atoms with E-state index in [1.54, 1.807) is 12.1 Å². The monoisotopic (exact) mass is 380 g/mol. The van der Waals surface area contributed by atoms with Crippen LogP contribution in [0.15, 0.2) is 53.4 Å². The lowest BCUT2D eigenvalue weighted by atomic mass is 9.87. The van der Waals surface area contributed by atoms with Gasteiger partial charge in [-0.2, -0.15) is 0 Å². The van der Waals surface area contributed by atoms with E-state index in [-0.39, 0.29) is 16.9 Å². The molecule has 0 fully saturated rings. The summed E-state index contributed by atoms with van der Waals surface area (Å²) in [6.45, 7) is 5.90. The summed E-state index contributed by atoms with van der Waals surface area (Å²) in [7, 11) is -3.98. The molecule has 0 spiro atoms. The molecule has 1 amide bonds. The highest BCUT2D eigenvalue weighted by atomic mass is 32.2. The second-order valence-corrected chi connectivity index (χ2v) is 8.35. The number of hydrazine groups is 1. The fraction of sp³-hybridized carbons (Fsp3) is 0.278. The lowest BCUT2D eigenvalue weighted by Gasteiger charge is -2.19. The van der Waals surface area contributed by atoms with Gasteiger partial charge in [0, 0.05) is 0 Å². The molecule has 8 heteroatoms. The molecule has 6 nitrogen and oxygen atoms in total. The normalized spacial score (nSPS) is 11.8. The van der Waals surface area contributed by atoms with Crippen LogP contribution in [0.25, 0.3) is 0 Å². The van der Waals surface area contributed by atoms with Crippen molar-refractivity contribution in [2.24, 2.45) is 0 Å². The van der Waals surface area contributed by atoms with E-state index in [1.165, 1.54) is 0 Å². The van der Waals surface area contributed by atoms with E-state index in [1.807, 2.05) is 22.4 Å². The average Bonchev–Trinajstić information content (AvgIpc) is 2.58. The Hall–Kier alpha value is -2.45. The van der Waals surface area contributed by atoms with E-state index >= 15 is 0 Å². The molecule has 140 valence electrons. The van der Waals surface area contributed by atoms with Crippen molar-refractivity contribution in [3.8, 4) is 5.75 Å². The summed E-state index contributed by atoms with van der Waals surface area (Å²) in [4.78, 5) is 13.5. The molecule has 0 bridgehead atoms. The Morgan fingerprint density at radius 1 is 1.04 bits per heavy atom. The van der Waals surface area contributed by atoms with E-state index in [4.69, 9.17) is 4.74 Å². The number of benzene rings is 2. The number of carbonyl (C=O) groups excluding carboxylic acids is 1. The third kappa shape index (κ3) is 5.53. The van der Waals surface area contributed by atoms with Crippen LogP contribution < -0.4 is 15.0 Å². The summed E-state index contributed by atoms with van der Waals surface area (Å²) in [5.74, 6) is -0.732. The molecule has 0 radical (unpaired) electrons. The number of hydrogen-bond acceptors (Lipinski definition) is 4. The molecule has 0 saturated heterocycles. The zero-order valence-electron chi connectivity index (χ0n) is 14.7. The van der Waals surface area contributed by atoms with E-state index in [2.05, 4.69) is 20.8 Å². The van der Waals surface area contributed by atoms with Crippen LogP contribution in [0.3, 0.4) is 0 Å². The number of nitrogens with one attached hydrogen (secondary N) is 2. The standard InChI is InChI=1S/C18H21FN2O4S/c1-18(2,3)13-4-8-15(9-5-13)25-12-17(22)20-21-26(23,24)16-10-6-14(19)7-11-16/h4-11,21H,12H2,1-3H3,(H,20,22). The van der Waals surface area contributed by atoms with Crippen molar-refractivity contribution in [1.29, 1.82) is 0 Å². The molecule has 2 N–H and O–H groups in total. The topological polar surface area (TPSA) is 84.5 Å². The minimum absolute atomic E-state index is 0.00847. The largest absolute Gasteiger partial charge is 0.484 e. The van der Waals surface area contributed by atoms with Gasteiger partial charge in [-0.1, -0.05) is 32.9 Å². The smallest absolute Gasteiger partial charge is 0.272 e. The lowest BCUT2D eigenvalue weighted by molar-refractivity contribution is -0.123. The number of ether oxygens (including phenoxy) is 1. The van der Waals surface area contributed by atoms with Gasteiger partial charge in [-0.05, 0) is 47.4 Å². The first-order valence-corrected chi connectivity index (χ1v) is 9.36.